The summed E-state index contributed by atoms with van der Waals surface area (Å²) in [5.41, 5.74) is 7.04. The Labute approximate surface area is 132 Å². The fourth-order valence-corrected chi connectivity index (χ4v) is 2.55. The van der Waals surface area contributed by atoms with Gasteiger partial charge in [0.2, 0.25) is 5.96 Å². The molecule has 23 heavy (non-hydrogen) atoms. The van der Waals surface area contributed by atoms with Gasteiger partial charge in [-0.25, -0.2) is 9.69 Å². The SMILES string of the molecule is C=CCONC(N)=NS(C)(=O)=C(C)c1ccc(C(F)(F)F)nc1. The predicted octanol–water partition coefficient (Wildman–Crippen LogP) is 1.49. The Morgan fingerprint density at radius 3 is 2.70 bits per heavy atom. The summed E-state index contributed by atoms with van der Waals surface area (Å²) >= 11 is 0. The third-order valence-corrected chi connectivity index (χ3v) is 4.60. The van der Waals surface area contributed by atoms with E-state index in [1.807, 2.05) is 0 Å². The van der Waals surface area contributed by atoms with E-state index in [0.717, 1.165) is 12.3 Å². The van der Waals surface area contributed by atoms with Gasteiger partial charge in [0.05, 0.1) is 16.3 Å². The number of aromatic nitrogens is 1. The second-order valence-electron chi connectivity index (χ2n) is 4.47. The number of alkyl halides is 3. The van der Waals surface area contributed by atoms with Gasteiger partial charge in [-0.2, -0.15) is 17.6 Å². The van der Waals surface area contributed by atoms with Gasteiger partial charge in [0.1, 0.15) is 5.69 Å². The lowest BCUT2D eigenvalue weighted by molar-refractivity contribution is -0.141. The topological polar surface area (TPSA) is 89.6 Å². The number of hydroxylamine groups is 1. The zero-order valence-electron chi connectivity index (χ0n) is 12.6. The van der Waals surface area contributed by atoms with E-state index in [9.17, 15) is 17.4 Å². The molecule has 1 heterocycles. The van der Waals surface area contributed by atoms with Crippen molar-refractivity contribution in [3.8, 4) is 0 Å². The molecule has 0 spiro atoms. The molecule has 0 saturated carbocycles. The summed E-state index contributed by atoms with van der Waals surface area (Å²) in [6.45, 7) is 5.07. The maximum absolute atomic E-state index is 12.5. The molecule has 6 nitrogen and oxygen atoms in total. The van der Waals surface area contributed by atoms with Crippen molar-refractivity contribution in [3.63, 3.8) is 0 Å². The lowest BCUT2D eigenvalue weighted by Gasteiger charge is -2.10. The van der Waals surface area contributed by atoms with Crippen LogP contribution in [0.15, 0.2) is 35.4 Å². The van der Waals surface area contributed by atoms with Crippen LogP contribution in [-0.4, -0.2) is 32.9 Å². The Bertz CT molecular complexity index is 705. The molecule has 1 unspecified atom stereocenters. The van der Waals surface area contributed by atoms with Crippen molar-refractivity contribution in [2.75, 3.05) is 12.9 Å². The number of pyridine rings is 1. The zero-order chi connectivity index (χ0) is 17.7. The summed E-state index contributed by atoms with van der Waals surface area (Å²) in [5, 5.41) is 0. The average molecular weight is 350 g/mol. The van der Waals surface area contributed by atoms with Crippen molar-refractivity contribution in [1.29, 1.82) is 0 Å². The summed E-state index contributed by atoms with van der Waals surface area (Å²) in [7, 11) is -2.96. The number of halogens is 3. The third kappa shape index (κ3) is 5.57. The van der Waals surface area contributed by atoms with Crippen LogP contribution >= 0.6 is 0 Å². The Kier molecular flexibility index (Phi) is 6.16. The van der Waals surface area contributed by atoms with Gasteiger partial charge in [-0.1, -0.05) is 12.1 Å². The van der Waals surface area contributed by atoms with Crippen LogP contribution in [0.25, 0.3) is 0 Å². The van der Waals surface area contributed by atoms with Gasteiger partial charge in [0.15, 0.2) is 0 Å². The molecule has 0 aliphatic carbocycles. The van der Waals surface area contributed by atoms with Gasteiger partial charge in [0.25, 0.3) is 0 Å². The van der Waals surface area contributed by atoms with Gasteiger partial charge in [-0.15, -0.1) is 6.58 Å². The highest BCUT2D eigenvalue weighted by Crippen LogP contribution is 2.27. The monoisotopic (exact) mass is 350 g/mol. The average Bonchev–Trinajstić information content (AvgIpc) is 2.45. The van der Waals surface area contributed by atoms with Crippen LogP contribution in [0.3, 0.4) is 0 Å². The van der Waals surface area contributed by atoms with Crippen LogP contribution in [-0.2, 0) is 20.7 Å². The van der Waals surface area contributed by atoms with E-state index in [-0.39, 0.29) is 23.0 Å². The second-order valence-corrected chi connectivity index (χ2v) is 6.87. The van der Waals surface area contributed by atoms with Gasteiger partial charge in [0, 0.05) is 22.9 Å². The highest BCUT2D eigenvalue weighted by atomic mass is 32.2. The first-order valence-corrected chi connectivity index (χ1v) is 8.20. The number of guanidine groups is 1. The van der Waals surface area contributed by atoms with Crippen LogP contribution in [0.5, 0.6) is 0 Å². The smallest absolute Gasteiger partial charge is 0.367 e. The van der Waals surface area contributed by atoms with Crippen LogP contribution in [0.2, 0.25) is 0 Å². The van der Waals surface area contributed by atoms with Gasteiger partial charge in [-0.3, -0.25) is 9.82 Å². The first-order valence-electron chi connectivity index (χ1n) is 6.28. The van der Waals surface area contributed by atoms with E-state index >= 15 is 0 Å². The van der Waals surface area contributed by atoms with Crippen molar-refractivity contribution in [2.45, 2.75) is 13.1 Å². The number of hydrogen-bond donors (Lipinski definition) is 2. The molecule has 0 aromatic carbocycles. The van der Waals surface area contributed by atoms with Crippen molar-refractivity contribution in [1.82, 2.24) is 10.5 Å². The molecule has 0 aliphatic heterocycles. The molecule has 1 aromatic rings. The Morgan fingerprint density at radius 1 is 1.57 bits per heavy atom. The number of nitrogens with zero attached hydrogens (tertiary/aromatic N) is 2. The standard InChI is InChI=1S/C13H17F3N4O2S/c1-4-7-22-19-12(17)20-23(3,21)9(2)10-5-6-11(18-8-10)13(14,15)16/h4-6,8H,1,7H2,2-3H3,(H3,17,19,20,21). The fourth-order valence-electron chi connectivity index (χ4n) is 1.44. The first kappa shape index (κ1) is 19.0. The molecule has 1 rings (SSSR count). The lowest BCUT2D eigenvalue weighted by Crippen LogP contribution is -2.33. The van der Waals surface area contributed by atoms with E-state index in [1.165, 1.54) is 25.3 Å². The molecule has 0 radical (unpaired) electrons. The van der Waals surface area contributed by atoms with E-state index < -0.39 is 21.6 Å². The van der Waals surface area contributed by atoms with Crippen LogP contribution in [0.4, 0.5) is 13.2 Å². The summed E-state index contributed by atoms with van der Waals surface area (Å²) in [4.78, 5) is 8.40. The van der Waals surface area contributed by atoms with Crippen LogP contribution < -0.4 is 11.2 Å². The largest absolute Gasteiger partial charge is 0.433 e. The third-order valence-electron chi connectivity index (χ3n) is 2.68. The quantitative estimate of drug-likeness (QED) is 0.160. The number of rotatable bonds is 5. The summed E-state index contributed by atoms with van der Waals surface area (Å²) in [6, 6.07) is 1.99. The van der Waals surface area contributed by atoms with Crippen LogP contribution in [0, 0.1) is 0 Å². The Balaban J connectivity index is 3.09. The van der Waals surface area contributed by atoms with Crippen molar-refractivity contribution >= 4 is 20.5 Å². The molecule has 0 aliphatic rings. The summed E-state index contributed by atoms with van der Waals surface area (Å²) in [6.07, 6.45) is -0.763. The molecule has 0 bridgehead atoms. The predicted molar refractivity (Wildman–Crippen MR) is 84.0 cm³/mol. The van der Waals surface area contributed by atoms with Gasteiger partial charge in [-0.05, 0) is 13.0 Å². The normalized spacial score (nSPS) is 14.9. The molecule has 3 N–H and O–H groups in total. The van der Waals surface area contributed by atoms with E-state index in [0.29, 0.717) is 0 Å². The Morgan fingerprint density at radius 2 is 2.22 bits per heavy atom. The zero-order valence-corrected chi connectivity index (χ0v) is 13.4. The number of hydrogen-bond acceptors (Lipinski definition) is 3. The van der Waals surface area contributed by atoms with Gasteiger partial charge < -0.3 is 5.73 Å². The Hall–Kier alpha value is -2.07. The molecule has 0 fully saturated rings. The molecule has 128 valence electrons. The molecule has 10 heteroatoms. The van der Waals surface area contributed by atoms with Crippen LogP contribution in [0.1, 0.15) is 18.2 Å². The number of nitrogens with one attached hydrogen (secondary N) is 1. The maximum atomic E-state index is 12.5. The fraction of sp³-hybridized carbons (Fsp3) is 0.308. The summed E-state index contributed by atoms with van der Waals surface area (Å²) in [5.74, 6) is -0.224. The minimum atomic E-state index is -4.53. The highest BCUT2D eigenvalue weighted by molar-refractivity contribution is 8.01. The van der Waals surface area contributed by atoms with E-state index in [2.05, 4.69) is 21.4 Å². The van der Waals surface area contributed by atoms with Crippen molar-refractivity contribution < 1.29 is 22.2 Å². The first-order chi connectivity index (χ1) is 10.6. The van der Waals surface area contributed by atoms with E-state index in [1.54, 1.807) is 0 Å². The molecule has 1 aromatic heterocycles. The molecule has 1 atom stereocenters. The molecular formula is C13H17F3N4O2S. The summed E-state index contributed by atoms with van der Waals surface area (Å²) < 4.78 is 53.8. The minimum Gasteiger partial charge on any atom is -0.367 e. The van der Waals surface area contributed by atoms with Gasteiger partial charge >= 0.3 is 6.18 Å². The van der Waals surface area contributed by atoms with Crippen molar-refractivity contribution in [2.24, 2.45) is 10.1 Å². The maximum Gasteiger partial charge on any atom is 0.433 e. The second kappa shape index (κ2) is 7.47. The van der Waals surface area contributed by atoms with Crippen molar-refractivity contribution in [3.05, 3.63) is 42.2 Å². The highest BCUT2D eigenvalue weighted by Gasteiger charge is 2.32. The molecule has 0 saturated heterocycles. The lowest BCUT2D eigenvalue weighted by atomic mass is 10.2. The molecular weight excluding hydrogens is 333 g/mol. The molecule has 0 amide bonds. The number of nitrogens with two attached hydrogens (primary N) is 1. The minimum absolute atomic E-state index is 0.159. The van der Waals surface area contributed by atoms with E-state index in [4.69, 9.17) is 10.6 Å².